The van der Waals surface area contributed by atoms with Gasteiger partial charge in [0.05, 0.1) is 10.3 Å². The topological polar surface area (TPSA) is 90.4 Å². The number of carbonyl (C=O) groups excluding carboxylic acids is 1. The van der Waals surface area contributed by atoms with Crippen LogP contribution in [0.1, 0.15) is 10.4 Å². The Kier molecular flexibility index (Phi) is 3.24. The normalized spacial score (nSPS) is 10.5. The maximum absolute atomic E-state index is 11.5. The highest BCUT2D eigenvalue weighted by atomic mass is 79.9. The van der Waals surface area contributed by atoms with Crippen molar-refractivity contribution in [3.8, 4) is 0 Å². The van der Waals surface area contributed by atoms with E-state index in [0.29, 0.717) is 5.39 Å². The van der Waals surface area contributed by atoms with E-state index in [2.05, 4.69) is 15.9 Å². The molecule has 92 valence electrons. The van der Waals surface area contributed by atoms with Crippen molar-refractivity contribution in [2.45, 2.75) is 0 Å². The van der Waals surface area contributed by atoms with Gasteiger partial charge in [0.15, 0.2) is 5.78 Å². The van der Waals surface area contributed by atoms with Crippen molar-refractivity contribution in [1.29, 1.82) is 0 Å². The van der Waals surface area contributed by atoms with Gasteiger partial charge in [0.2, 0.25) is 0 Å². The molecule has 1 aromatic heterocycles. The molecule has 0 saturated carbocycles. The summed E-state index contributed by atoms with van der Waals surface area (Å²) in [6.07, 6.45) is 0. The molecule has 0 aliphatic heterocycles. The lowest BCUT2D eigenvalue weighted by Crippen LogP contribution is -2.14. The number of nitro groups is 1. The SMILES string of the molecule is O=C(CBr)c1cc2cc([N+](=O)[O-])ccc2oc1=O. The summed E-state index contributed by atoms with van der Waals surface area (Å²) >= 11 is 2.95. The van der Waals surface area contributed by atoms with Gasteiger partial charge in [-0.05, 0) is 12.1 Å². The molecule has 0 N–H and O–H groups in total. The number of nitrogens with zero attached hydrogens (tertiary/aromatic N) is 1. The van der Waals surface area contributed by atoms with E-state index < -0.39 is 16.3 Å². The molecule has 0 unspecified atom stereocenters. The van der Waals surface area contributed by atoms with Crippen LogP contribution in [0.2, 0.25) is 0 Å². The highest BCUT2D eigenvalue weighted by Crippen LogP contribution is 2.20. The molecule has 6 nitrogen and oxygen atoms in total. The van der Waals surface area contributed by atoms with Crippen molar-refractivity contribution in [3.05, 3.63) is 50.4 Å². The highest BCUT2D eigenvalue weighted by Gasteiger charge is 2.14. The molecular weight excluding hydrogens is 306 g/mol. The van der Waals surface area contributed by atoms with E-state index >= 15 is 0 Å². The molecule has 2 rings (SSSR count). The number of rotatable bonds is 3. The van der Waals surface area contributed by atoms with Gasteiger partial charge in [-0.2, -0.15) is 0 Å². The first-order valence-electron chi connectivity index (χ1n) is 4.84. The lowest BCUT2D eigenvalue weighted by atomic mass is 10.1. The van der Waals surface area contributed by atoms with Gasteiger partial charge >= 0.3 is 5.63 Å². The number of nitro benzene ring substituents is 1. The molecule has 1 heterocycles. The second-order valence-corrected chi connectivity index (χ2v) is 4.04. The lowest BCUT2D eigenvalue weighted by molar-refractivity contribution is -0.384. The number of hydrogen-bond acceptors (Lipinski definition) is 5. The summed E-state index contributed by atoms with van der Waals surface area (Å²) in [4.78, 5) is 33.0. The number of benzene rings is 1. The van der Waals surface area contributed by atoms with E-state index in [1.165, 1.54) is 24.3 Å². The van der Waals surface area contributed by atoms with Crippen LogP contribution in [0.25, 0.3) is 11.0 Å². The first-order valence-corrected chi connectivity index (χ1v) is 5.96. The number of ketones is 1. The van der Waals surface area contributed by atoms with Gasteiger partial charge in [-0.3, -0.25) is 14.9 Å². The molecule has 2 aromatic rings. The minimum Gasteiger partial charge on any atom is -0.422 e. The number of alkyl halides is 1. The quantitative estimate of drug-likeness (QED) is 0.285. The summed E-state index contributed by atoms with van der Waals surface area (Å²) in [5, 5.41) is 11.0. The Hall–Kier alpha value is -2.02. The summed E-state index contributed by atoms with van der Waals surface area (Å²) in [6, 6.07) is 5.12. The van der Waals surface area contributed by atoms with Gasteiger partial charge in [0.1, 0.15) is 11.1 Å². The Morgan fingerprint density at radius 3 is 2.72 bits per heavy atom. The Morgan fingerprint density at radius 2 is 2.11 bits per heavy atom. The third-order valence-corrected chi connectivity index (χ3v) is 2.86. The van der Waals surface area contributed by atoms with Crippen molar-refractivity contribution in [1.82, 2.24) is 0 Å². The first-order chi connectivity index (χ1) is 8.52. The Bertz CT molecular complexity index is 706. The summed E-state index contributed by atoms with van der Waals surface area (Å²) in [7, 11) is 0. The zero-order valence-corrected chi connectivity index (χ0v) is 10.5. The van der Waals surface area contributed by atoms with Crippen LogP contribution in [0.5, 0.6) is 0 Å². The number of halogens is 1. The summed E-state index contributed by atoms with van der Waals surface area (Å²) in [5.74, 6) is -0.433. The number of non-ortho nitro benzene ring substituents is 1. The van der Waals surface area contributed by atoms with E-state index in [1.54, 1.807) is 0 Å². The fourth-order valence-electron chi connectivity index (χ4n) is 1.49. The molecule has 7 heteroatoms. The standard InChI is InChI=1S/C11H6BrNO5/c12-5-9(14)8-4-6-3-7(13(16)17)1-2-10(6)18-11(8)15/h1-4H,5H2. The molecule has 0 aliphatic carbocycles. The van der Waals surface area contributed by atoms with Crippen LogP contribution in [-0.4, -0.2) is 16.0 Å². The highest BCUT2D eigenvalue weighted by molar-refractivity contribution is 9.09. The maximum atomic E-state index is 11.5. The molecule has 1 aromatic carbocycles. The third-order valence-electron chi connectivity index (χ3n) is 2.35. The van der Waals surface area contributed by atoms with Gasteiger partial charge in [-0.1, -0.05) is 15.9 Å². The second kappa shape index (κ2) is 4.69. The van der Waals surface area contributed by atoms with E-state index in [0.717, 1.165) is 0 Å². The molecule has 0 saturated heterocycles. The van der Waals surface area contributed by atoms with Crippen LogP contribution in [0.4, 0.5) is 5.69 Å². The number of fused-ring (bicyclic) bond motifs is 1. The second-order valence-electron chi connectivity index (χ2n) is 3.48. The average Bonchev–Trinajstić information content (AvgIpc) is 2.36. The lowest BCUT2D eigenvalue weighted by Gasteiger charge is -1.99. The zero-order chi connectivity index (χ0) is 13.3. The molecule has 0 bridgehead atoms. The van der Waals surface area contributed by atoms with Crippen molar-refractivity contribution < 1.29 is 14.1 Å². The predicted octanol–water partition coefficient (Wildman–Crippen LogP) is 2.28. The Balaban J connectivity index is 2.71. The number of hydrogen-bond donors (Lipinski definition) is 0. The van der Waals surface area contributed by atoms with Gasteiger partial charge < -0.3 is 4.42 Å². The predicted molar refractivity (Wildman–Crippen MR) is 67.3 cm³/mol. The molecule has 0 fully saturated rings. The van der Waals surface area contributed by atoms with E-state index in [-0.39, 0.29) is 22.2 Å². The molecule has 0 radical (unpaired) electrons. The largest absolute Gasteiger partial charge is 0.422 e. The van der Waals surface area contributed by atoms with Crippen LogP contribution < -0.4 is 5.63 Å². The van der Waals surface area contributed by atoms with Gasteiger partial charge in [0.25, 0.3) is 5.69 Å². The molecule has 0 atom stereocenters. The minimum absolute atomic E-state index is 0.0157. The maximum Gasteiger partial charge on any atom is 0.347 e. The zero-order valence-electron chi connectivity index (χ0n) is 8.88. The number of carbonyl (C=O) groups is 1. The Morgan fingerprint density at radius 1 is 1.39 bits per heavy atom. The van der Waals surface area contributed by atoms with Crippen LogP contribution in [0.3, 0.4) is 0 Å². The average molecular weight is 312 g/mol. The number of Topliss-reactive ketones (excluding diaryl/α,β-unsaturated/α-hetero) is 1. The van der Waals surface area contributed by atoms with E-state index in [4.69, 9.17) is 4.42 Å². The van der Waals surface area contributed by atoms with Crippen molar-refractivity contribution in [2.75, 3.05) is 5.33 Å². The molecular formula is C11H6BrNO5. The monoisotopic (exact) mass is 311 g/mol. The summed E-state index contributed by atoms with van der Waals surface area (Å²) in [6.45, 7) is 0. The molecule has 18 heavy (non-hydrogen) atoms. The van der Waals surface area contributed by atoms with Gasteiger partial charge in [0, 0.05) is 17.5 Å². The van der Waals surface area contributed by atoms with Crippen LogP contribution >= 0.6 is 15.9 Å². The van der Waals surface area contributed by atoms with Crippen LogP contribution in [0.15, 0.2) is 33.5 Å². The van der Waals surface area contributed by atoms with Crippen molar-refractivity contribution in [3.63, 3.8) is 0 Å². The Labute approximate surface area is 108 Å². The van der Waals surface area contributed by atoms with Crippen LogP contribution in [-0.2, 0) is 0 Å². The first kappa shape index (κ1) is 12.4. The smallest absolute Gasteiger partial charge is 0.347 e. The van der Waals surface area contributed by atoms with Crippen molar-refractivity contribution >= 4 is 38.4 Å². The minimum atomic E-state index is -0.749. The molecule has 0 amide bonds. The van der Waals surface area contributed by atoms with E-state index in [1.807, 2.05) is 0 Å². The summed E-state index contributed by atoms with van der Waals surface area (Å²) in [5.41, 5.74) is -0.800. The molecule has 0 spiro atoms. The third kappa shape index (κ3) is 2.17. The van der Waals surface area contributed by atoms with Crippen molar-refractivity contribution in [2.24, 2.45) is 0 Å². The van der Waals surface area contributed by atoms with Gasteiger partial charge in [-0.25, -0.2) is 4.79 Å². The fraction of sp³-hybridized carbons (Fsp3) is 0.0909. The van der Waals surface area contributed by atoms with Crippen LogP contribution in [0, 0.1) is 10.1 Å². The fourth-order valence-corrected chi connectivity index (χ4v) is 1.79. The van der Waals surface area contributed by atoms with E-state index in [9.17, 15) is 19.7 Å². The summed E-state index contributed by atoms with van der Waals surface area (Å²) < 4.78 is 4.93. The molecule has 0 aliphatic rings. The van der Waals surface area contributed by atoms with Gasteiger partial charge in [-0.15, -0.1) is 0 Å².